The minimum absolute atomic E-state index is 0.0442. The van der Waals surface area contributed by atoms with Crippen molar-refractivity contribution >= 4 is 50.7 Å². The quantitative estimate of drug-likeness (QED) is 0.498. The number of halogens is 2. The Bertz CT molecular complexity index is 1130. The van der Waals surface area contributed by atoms with Crippen molar-refractivity contribution in [3.8, 4) is 0 Å². The molecule has 0 heterocycles. The molecule has 0 bridgehead atoms. The molecule has 0 saturated heterocycles. The Morgan fingerprint density at radius 1 is 1.06 bits per heavy atom. The van der Waals surface area contributed by atoms with Gasteiger partial charge in [0.1, 0.15) is 12.6 Å². The van der Waals surface area contributed by atoms with Crippen LogP contribution in [-0.2, 0) is 26.2 Å². The predicted octanol–water partition coefficient (Wildman–Crippen LogP) is 4.32. The first-order valence-corrected chi connectivity index (χ1v) is 13.6. The first kappa shape index (κ1) is 28.0. The molecule has 0 fully saturated rings. The number of carbonyl (C=O) groups excluding carboxylic acids is 2. The van der Waals surface area contributed by atoms with Crippen molar-refractivity contribution in [2.75, 3.05) is 23.7 Å². The van der Waals surface area contributed by atoms with Crippen LogP contribution in [0.25, 0.3) is 0 Å². The fourth-order valence-electron chi connectivity index (χ4n) is 3.75. The van der Waals surface area contributed by atoms with Crippen LogP contribution in [0.4, 0.5) is 5.69 Å². The summed E-state index contributed by atoms with van der Waals surface area (Å²) in [6, 6.07) is 9.47. The summed E-state index contributed by atoms with van der Waals surface area (Å²) >= 11 is 12.7. The number of likely N-dealkylation sites (N-methyl/N-ethyl adjacent to an activating group) is 1. The van der Waals surface area contributed by atoms with Gasteiger partial charge in [-0.1, -0.05) is 53.9 Å². The molecule has 34 heavy (non-hydrogen) atoms. The van der Waals surface area contributed by atoms with Gasteiger partial charge < -0.3 is 10.2 Å². The SMILES string of the molecule is CCNC(=O)[C@@H](CC)N(Cc1c(Cl)cccc1Cl)C(=O)CN(c1ccc(C)cc1C)S(C)(=O)=O. The molecule has 0 radical (unpaired) electrons. The van der Waals surface area contributed by atoms with Gasteiger partial charge in [-0.3, -0.25) is 13.9 Å². The van der Waals surface area contributed by atoms with Crippen LogP contribution in [0, 0.1) is 13.8 Å². The van der Waals surface area contributed by atoms with Gasteiger partial charge in [0, 0.05) is 28.7 Å². The highest BCUT2D eigenvalue weighted by atomic mass is 35.5. The Kier molecular flexibility index (Phi) is 9.79. The standard InChI is InChI=1S/C24H31Cl2N3O4S/c1-6-21(24(31)27-7-2)28(14-18-19(25)9-8-10-20(18)26)23(30)15-29(34(5,32)33)22-12-11-16(3)13-17(22)4/h8-13,21H,6-7,14-15H2,1-5H3,(H,27,31)/t21-/m1/s1. The summed E-state index contributed by atoms with van der Waals surface area (Å²) in [4.78, 5) is 27.8. The van der Waals surface area contributed by atoms with E-state index in [9.17, 15) is 18.0 Å². The Balaban J connectivity index is 2.53. The predicted molar refractivity (Wildman–Crippen MR) is 138 cm³/mol. The first-order valence-electron chi connectivity index (χ1n) is 11.0. The Morgan fingerprint density at radius 3 is 2.18 bits per heavy atom. The summed E-state index contributed by atoms with van der Waals surface area (Å²) in [6.07, 6.45) is 1.37. The number of nitrogens with one attached hydrogen (secondary N) is 1. The van der Waals surface area contributed by atoms with E-state index in [2.05, 4.69) is 5.32 Å². The van der Waals surface area contributed by atoms with Crippen molar-refractivity contribution in [1.29, 1.82) is 0 Å². The highest BCUT2D eigenvalue weighted by Crippen LogP contribution is 2.28. The molecule has 0 aromatic heterocycles. The number of rotatable bonds is 10. The van der Waals surface area contributed by atoms with Crippen LogP contribution in [0.3, 0.4) is 0 Å². The maximum absolute atomic E-state index is 13.6. The number of amides is 2. The lowest BCUT2D eigenvalue weighted by Crippen LogP contribution is -2.52. The third-order valence-corrected chi connectivity index (χ3v) is 7.26. The lowest BCUT2D eigenvalue weighted by Gasteiger charge is -2.33. The molecule has 1 atom stereocenters. The Labute approximate surface area is 212 Å². The lowest BCUT2D eigenvalue weighted by atomic mass is 10.1. The Hall–Kier alpha value is -2.29. The first-order chi connectivity index (χ1) is 15.9. The molecule has 0 unspecified atom stereocenters. The van der Waals surface area contributed by atoms with E-state index >= 15 is 0 Å². The van der Waals surface area contributed by atoms with Crippen LogP contribution in [0.1, 0.15) is 37.0 Å². The summed E-state index contributed by atoms with van der Waals surface area (Å²) in [5, 5.41) is 3.45. The number of anilines is 1. The zero-order valence-corrected chi connectivity index (χ0v) is 22.4. The number of aryl methyl sites for hydroxylation is 2. The van der Waals surface area contributed by atoms with Crippen molar-refractivity contribution < 1.29 is 18.0 Å². The molecule has 186 valence electrons. The average Bonchev–Trinajstić information content (AvgIpc) is 2.73. The number of nitrogens with zero attached hydrogens (tertiary/aromatic N) is 2. The molecule has 1 N–H and O–H groups in total. The second-order valence-corrected chi connectivity index (χ2v) is 10.8. The molecule has 2 aromatic carbocycles. The molecule has 2 amide bonds. The zero-order valence-electron chi connectivity index (χ0n) is 20.1. The second kappa shape index (κ2) is 11.9. The molecular formula is C24H31Cl2N3O4S. The molecule has 2 rings (SSSR count). The van der Waals surface area contributed by atoms with Crippen molar-refractivity contribution in [2.24, 2.45) is 0 Å². The van der Waals surface area contributed by atoms with Crippen molar-refractivity contribution in [2.45, 2.75) is 46.7 Å². The highest BCUT2D eigenvalue weighted by Gasteiger charge is 2.32. The number of benzene rings is 2. The molecule has 0 saturated carbocycles. The van der Waals surface area contributed by atoms with Gasteiger partial charge in [0.2, 0.25) is 21.8 Å². The molecule has 0 spiro atoms. The average molecular weight is 529 g/mol. The molecular weight excluding hydrogens is 497 g/mol. The van der Waals surface area contributed by atoms with Gasteiger partial charge >= 0.3 is 0 Å². The van der Waals surface area contributed by atoms with Crippen LogP contribution in [0.15, 0.2) is 36.4 Å². The third-order valence-electron chi connectivity index (χ3n) is 5.43. The Morgan fingerprint density at radius 2 is 1.68 bits per heavy atom. The number of hydrogen-bond donors (Lipinski definition) is 1. The van der Waals surface area contributed by atoms with E-state index in [1.54, 1.807) is 51.1 Å². The summed E-state index contributed by atoms with van der Waals surface area (Å²) in [6.45, 7) is 7.14. The summed E-state index contributed by atoms with van der Waals surface area (Å²) < 4.78 is 26.5. The van der Waals surface area contributed by atoms with Gasteiger partial charge in [0.15, 0.2) is 0 Å². The smallest absolute Gasteiger partial charge is 0.244 e. The van der Waals surface area contributed by atoms with Crippen LogP contribution in [0.2, 0.25) is 10.0 Å². The molecule has 2 aromatic rings. The van der Waals surface area contributed by atoms with Gasteiger partial charge in [-0.05, 0) is 51.0 Å². The van der Waals surface area contributed by atoms with Gasteiger partial charge in [-0.25, -0.2) is 8.42 Å². The number of carbonyl (C=O) groups is 2. The van der Waals surface area contributed by atoms with Crippen molar-refractivity contribution in [3.63, 3.8) is 0 Å². The molecule has 0 aliphatic rings. The van der Waals surface area contributed by atoms with Gasteiger partial charge in [-0.2, -0.15) is 0 Å². The minimum atomic E-state index is -3.80. The van der Waals surface area contributed by atoms with E-state index in [4.69, 9.17) is 23.2 Å². The summed E-state index contributed by atoms with van der Waals surface area (Å²) in [5.41, 5.74) is 2.58. The van der Waals surface area contributed by atoms with E-state index in [0.29, 0.717) is 34.3 Å². The van der Waals surface area contributed by atoms with Gasteiger partial charge in [-0.15, -0.1) is 0 Å². The van der Waals surface area contributed by atoms with Crippen LogP contribution in [-0.4, -0.2) is 50.5 Å². The van der Waals surface area contributed by atoms with Crippen molar-refractivity contribution in [1.82, 2.24) is 10.2 Å². The van der Waals surface area contributed by atoms with Crippen molar-refractivity contribution in [3.05, 3.63) is 63.1 Å². The molecule has 0 aliphatic carbocycles. The monoisotopic (exact) mass is 527 g/mol. The van der Waals surface area contributed by atoms with Crippen LogP contribution in [0.5, 0.6) is 0 Å². The lowest BCUT2D eigenvalue weighted by molar-refractivity contribution is -0.140. The van der Waals surface area contributed by atoms with E-state index in [-0.39, 0.29) is 12.5 Å². The van der Waals surface area contributed by atoms with Crippen LogP contribution < -0.4 is 9.62 Å². The van der Waals surface area contributed by atoms with Gasteiger partial charge in [0.05, 0.1) is 11.9 Å². The van der Waals surface area contributed by atoms with Crippen LogP contribution >= 0.6 is 23.2 Å². The number of sulfonamides is 1. The molecule has 7 nitrogen and oxygen atoms in total. The largest absolute Gasteiger partial charge is 0.355 e. The number of hydrogen-bond acceptors (Lipinski definition) is 4. The summed E-state index contributed by atoms with van der Waals surface area (Å²) in [7, 11) is -3.80. The highest BCUT2D eigenvalue weighted by molar-refractivity contribution is 7.92. The minimum Gasteiger partial charge on any atom is -0.355 e. The van der Waals surface area contributed by atoms with E-state index in [0.717, 1.165) is 21.7 Å². The fourth-order valence-corrected chi connectivity index (χ4v) is 5.17. The molecule has 0 aliphatic heterocycles. The third kappa shape index (κ3) is 6.87. The topological polar surface area (TPSA) is 86.8 Å². The van der Waals surface area contributed by atoms with E-state index in [1.807, 2.05) is 13.0 Å². The van der Waals surface area contributed by atoms with Gasteiger partial charge in [0.25, 0.3) is 0 Å². The van der Waals surface area contributed by atoms with E-state index in [1.165, 1.54) is 4.90 Å². The second-order valence-electron chi connectivity index (χ2n) is 8.10. The molecule has 10 heteroatoms. The van der Waals surface area contributed by atoms with E-state index < -0.39 is 28.5 Å². The maximum atomic E-state index is 13.6. The maximum Gasteiger partial charge on any atom is 0.244 e. The zero-order chi connectivity index (χ0) is 25.6. The summed E-state index contributed by atoms with van der Waals surface area (Å²) in [5.74, 6) is -0.876. The normalized spacial score (nSPS) is 12.2. The fraction of sp³-hybridized carbons (Fsp3) is 0.417.